The summed E-state index contributed by atoms with van der Waals surface area (Å²) in [5, 5.41) is 8.52. The maximum Gasteiger partial charge on any atom is 0.417 e. The smallest absolute Gasteiger partial charge is 0.408 e. The second-order valence-corrected chi connectivity index (χ2v) is 3.72. The predicted molar refractivity (Wildman–Crippen MR) is 65.6 cm³/mol. The fourth-order valence-electron chi connectivity index (χ4n) is 1.60. The molecule has 3 aromatic rings. The zero-order valence-electron chi connectivity index (χ0n) is 9.43. The number of amides is 1. The average Bonchev–Trinajstić information content (AvgIpc) is 2.93. The van der Waals surface area contributed by atoms with E-state index in [-0.39, 0.29) is 11.8 Å². The van der Waals surface area contributed by atoms with Gasteiger partial charge in [-0.15, -0.1) is 5.10 Å². The molecular formula is C10H8N6O3. The second-order valence-electron chi connectivity index (χ2n) is 3.72. The number of nitrogens with zero attached hydrogens (tertiary/aromatic N) is 2. The van der Waals surface area contributed by atoms with E-state index < -0.39 is 11.7 Å². The molecule has 2 heterocycles. The van der Waals surface area contributed by atoms with Gasteiger partial charge in [0.1, 0.15) is 0 Å². The van der Waals surface area contributed by atoms with Gasteiger partial charge in [0, 0.05) is 5.69 Å². The van der Waals surface area contributed by atoms with Crippen molar-refractivity contribution in [3.8, 4) is 0 Å². The van der Waals surface area contributed by atoms with Crippen molar-refractivity contribution in [1.29, 1.82) is 0 Å². The molecule has 9 heteroatoms. The molecule has 2 aromatic heterocycles. The van der Waals surface area contributed by atoms with E-state index in [0.717, 1.165) is 0 Å². The molecule has 0 radical (unpaired) electrons. The highest BCUT2D eigenvalue weighted by atomic mass is 16.4. The molecule has 0 aliphatic heterocycles. The van der Waals surface area contributed by atoms with Crippen LogP contribution in [0.3, 0.4) is 0 Å². The van der Waals surface area contributed by atoms with Crippen molar-refractivity contribution in [3.63, 3.8) is 0 Å². The Labute approximate surface area is 104 Å². The Morgan fingerprint density at radius 3 is 3.00 bits per heavy atom. The Hall–Kier alpha value is -3.10. The van der Waals surface area contributed by atoms with Crippen LogP contribution in [0.5, 0.6) is 0 Å². The Kier molecular flexibility index (Phi) is 2.31. The molecule has 0 saturated carbocycles. The normalized spacial score (nSPS) is 10.7. The highest BCUT2D eigenvalue weighted by Gasteiger charge is 2.11. The molecule has 96 valence electrons. The predicted octanol–water partition coefficient (Wildman–Crippen LogP) is 0.0737. The van der Waals surface area contributed by atoms with E-state index in [9.17, 15) is 9.59 Å². The topological polar surface area (TPSA) is 143 Å². The van der Waals surface area contributed by atoms with Gasteiger partial charge in [0.15, 0.2) is 5.58 Å². The monoisotopic (exact) mass is 260 g/mol. The summed E-state index contributed by atoms with van der Waals surface area (Å²) in [6.45, 7) is 0. The van der Waals surface area contributed by atoms with Crippen LogP contribution in [0.1, 0.15) is 10.6 Å². The Bertz CT molecular complexity index is 814. The van der Waals surface area contributed by atoms with Crippen LogP contribution in [0.2, 0.25) is 0 Å². The first kappa shape index (κ1) is 11.0. The number of aromatic amines is 2. The average molecular weight is 260 g/mol. The highest BCUT2D eigenvalue weighted by molar-refractivity contribution is 6.02. The third-order valence-electron chi connectivity index (χ3n) is 2.39. The third-order valence-corrected chi connectivity index (χ3v) is 2.39. The molecule has 1 aromatic carbocycles. The Morgan fingerprint density at radius 1 is 1.42 bits per heavy atom. The van der Waals surface area contributed by atoms with E-state index >= 15 is 0 Å². The number of H-pyrrole nitrogens is 2. The van der Waals surface area contributed by atoms with E-state index in [1.165, 1.54) is 0 Å². The van der Waals surface area contributed by atoms with E-state index in [1.54, 1.807) is 18.2 Å². The first-order chi connectivity index (χ1) is 9.11. The number of oxazole rings is 1. The van der Waals surface area contributed by atoms with Crippen LogP contribution in [0.4, 0.5) is 11.6 Å². The molecule has 19 heavy (non-hydrogen) atoms. The number of anilines is 2. The number of benzene rings is 1. The van der Waals surface area contributed by atoms with E-state index in [0.29, 0.717) is 16.8 Å². The SMILES string of the molecule is Nc1n[nH]c(C(=O)Nc2ccc3oc(=O)[nH]c3c2)n1. The van der Waals surface area contributed by atoms with Gasteiger partial charge in [-0.3, -0.25) is 14.9 Å². The molecule has 0 spiro atoms. The van der Waals surface area contributed by atoms with Crippen molar-refractivity contribution in [1.82, 2.24) is 20.2 Å². The summed E-state index contributed by atoms with van der Waals surface area (Å²) >= 11 is 0. The summed E-state index contributed by atoms with van der Waals surface area (Å²) in [7, 11) is 0. The fourth-order valence-corrected chi connectivity index (χ4v) is 1.60. The molecule has 0 unspecified atom stereocenters. The number of nitrogen functional groups attached to an aromatic ring is 1. The van der Waals surface area contributed by atoms with Crippen LogP contribution >= 0.6 is 0 Å². The molecule has 0 fully saturated rings. The number of hydrogen-bond donors (Lipinski definition) is 4. The lowest BCUT2D eigenvalue weighted by Gasteiger charge is -2.01. The number of nitrogens with two attached hydrogens (primary N) is 1. The van der Waals surface area contributed by atoms with Crippen molar-refractivity contribution < 1.29 is 9.21 Å². The summed E-state index contributed by atoms with van der Waals surface area (Å²) in [5.74, 6) is -1.06. The fraction of sp³-hybridized carbons (Fsp3) is 0. The van der Waals surface area contributed by atoms with Crippen molar-refractivity contribution in [2.75, 3.05) is 11.1 Å². The van der Waals surface area contributed by atoms with Gasteiger partial charge in [-0.05, 0) is 18.2 Å². The molecule has 0 saturated heterocycles. The number of carbonyl (C=O) groups excluding carboxylic acids is 1. The first-order valence-corrected chi connectivity index (χ1v) is 5.24. The number of aromatic nitrogens is 4. The minimum atomic E-state index is -0.554. The number of fused-ring (bicyclic) bond motifs is 1. The summed E-state index contributed by atoms with van der Waals surface area (Å²) in [6, 6.07) is 4.73. The molecule has 1 amide bonds. The minimum absolute atomic E-state index is 0.00159. The zero-order valence-corrected chi connectivity index (χ0v) is 9.43. The van der Waals surface area contributed by atoms with E-state index in [4.69, 9.17) is 10.2 Å². The van der Waals surface area contributed by atoms with Crippen molar-refractivity contribution in [2.45, 2.75) is 0 Å². The second kappa shape index (κ2) is 3.98. The minimum Gasteiger partial charge on any atom is -0.408 e. The van der Waals surface area contributed by atoms with Crippen molar-refractivity contribution in [2.24, 2.45) is 0 Å². The number of carbonyl (C=O) groups is 1. The van der Waals surface area contributed by atoms with Crippen LogP contribution in [0, 0.1) is 0 Å². The van der Waals surface area contributed by atoms with Crippen LogP contribution in [-0.4, -0.2) is 26.1 Å². The standard InChI is InChI=1S/C10H8N6O3/c11-9-14-7(15-16-9)8(17)12-4-1-2-6-5(3-4)13-10(18)19-6/h1-3H,(H,12,17)(H,13,18)(H3,11,14,15,16). The summed E-state index contributed by atoms with van der Waals surface area (Å²) < 4.78 is 4.85. The van der Waals surface area contributed by atoms with E-state index in [1.807, 2.05) is 0 Å². The Balaban J connectivity index is 1.88. The van der Waals surface area contributed by atoms with Gasteiger partial charge < -0.3 is 15.5 Å². The molecule has 0 aliphatic rings. The first-order valence-electron chi connectivity index (χ1n) is 5.24. The Morgan fingerprint density at radius 2 is 2.26 bits per heavy atom. The lowest BCUT2D eigenvalue weighted by Crippen LogP contribution is -2.13. The molecule has 0 atom stereocenters. The van der Waals surface area contributed by atoms with Gasteiger partial charge in [-0.2, -0.15) is 4.98 Å². The lowest BCUT2D eigenvalue weighted by atomic mass is 10.3. The maximum absolute atomic E-state index is 11.8. The van der Waals surface area contributed by atoms with Gasteiger partial charge in [-0.25, -0.2) is 4.79 Å². The summed E-state index contributed by atoms with van der Waals surface area (Å²) in [4.78, 5) is 29.0. The van der Waals surface area contributed by atoms with Gasteiger partial charge in [0.2, 0.25) is 11.8 Å². The highest BCUT2D eigenvalue weighted by Crippen LogP contribution is 2.16. The lowest BCUT2D eigenvalue weighted by molar-refractivity contribution is 0.101. The van der Waals surface area contributed by atoms with Crippen molar-refractivity contribution >= 4 is 28.6 Å². The van der Waals surface area contributed by atoms with Crippen LogP contribution < -0.4 is 16.8 Å². The molecule has 9 nitrogen and oxygen atoms in total. The third kappa shape index (κ3) is 2.04. The molecule has 0 bridgehead atoms. The molecule has 0 aliphatic carbocycles. The summed E-state index contributed by atoms with van der Waals surface area (Å²) in [5.41, 5.74) is 6.67. The van der Waals surface area contributed by atoms with Gasteiger partial charge in [0.25, 0.3) is 5.91 Å². The number of nitrogens with one attached hydrogen (secondary N) is 3. The van der Waals surface area contributed by atoms with Gasteiger partial charge in [-0.1, -0.05) is 0 Å². The molecule has 5 N–H and O–H groups in total. The van der Waals surface area contributed by atoms with Gasteiger partial charge >= 0.3 is 5.76 Å². The van der Waals surface area contributed by atoms with E-state index in [2.05, 4.69) is 25.5 Å². The van der Waals surface area contributed by atoms with Crippen LogP contribution in [0.15, 0.2) is 27.4 Å². The maximum atomic E-state index is 11.8. The van der Waals surface area contributed by atoms with Crippen LogP contribution in [0.25, 0.3) is 11.1 Å². The number of rotatable bonds is 2. The summed E-state index contributed by atoms with van der Waals surface area (Å²) in [6.07, 6.45) is 0. The zero-order chi connectivity index (χ0) is 13.4. The van der Waals surface area contributed by atoms with Crippen LogP contribution in [-0.2, 0) is 0 Å². The van der Waals surface area contributed by atoms with Gasteiger partial charge in [0.05, 0.1) is 5.52 Å². The van der Waals surface area contributed by atoms with Crippen molar-refractivity contribution in [3.05, 3.63) is 34.6 Å². The molecular weight excluding hydrogens is 252 g/mol. The largest absolute Gasteiger partial charge is 0.417 e. The number of hydrogen-bond acceptors (Lipinski definition) is 6. The molecule has 3 rings (SSSR count). The quantitative estimate of drug-likeness (QED) is 0.513.